The second-order valence-electron chi connectivity index (χ2n) is 3.77. The third-order valence-electron chi connectivity index (χ3n) is 2.52. The maximum Gasteiger partial charge on any atom is 0.237 e. The van der Waals surface area contributed by atoms with Crippen molar-refractivity contribution in [3.8, 4) is 12.0 Å². The van der Waals surface area contributed by atoms with Gasteiger partial charge in [0, 0.05) is 29.2 Å². The van der Waals surface area contributed by atoms with Crippen LogP contribution in [0, 0.1) is 12.0 Å². The van der Waals surface area contributed by atoms with Crippen LogP contribution < -0.4 is 0 Å². The largest absolute Gasteiger partial charge is 0.332 e. The Balaban J connectivity index is 2.07. The normalized spacial score (nSPS) is 14.4. The number of benzene rings is 1. The molecule has 0 N–H and O–H groups in total. The zero-order valence-electron chi connectivity index (χ0n) is 8.87. The predicted molar refractivity (Wildman–Crippen MR) is 67.1 cm³/mol. The van der Waals surface area contributed by atoms with Crippen LogP contribution in [-0.2, 0) is 0 Å². The van der Waals surface area contributed by atoms with Crippen molar-refractivity contribution >= 4 is 21.7 Å². The first-order valence-electron chi connectivity index (χ1n) is 5.32. The van der Waals surface area contributed by atoms with E-state index in [9.17, 15) is 4.79 Å². The van der Waals surface area contributed by atoms with E-state index in [4.69, 9.17) is 0 Å². The van der Waals surface area contributed by atoms with Crippen LogP contribution in [0.4, 0.5) is 0 Å². The Morgan fingerprint density at radius 3 is 2.75 bits per heavy atom. The van der Waals surface area contributed by atoms with E-state index in [1.807, 2.05) is 17.0 Å². The van der Waals surface area contributed by atoms with Crippen molar-refractivity contribution < 1.29 is 4.79 Å². The van der Waals surface area contributed by atoms with Crippen molar-refractivity contribution in [3.05, 3.63) is 34.3 Å². The fourth-order valence-corrected chi connectivity index (χ4v) is 2.06. The summed E-state index contributed by atoms with van der Waals surface area (Å²) in [5, 5.41) is 0. The van der Waals surface area contributed by atoms with Gasteiger partial charge in [-0.1, -0.05) is 28.1 Å². The highest BCUT2D eigenvalue weighted by Gasteiger charge is 2.07. The first-order chi connectivity index (χ1) is 7.75. The second-order valence-corrected chi connectivity index (χ2v) is 4.69. The zero-order chi connectivity index (χ0) is 11.4. The van der Waals surface area contributed by atoms with Crippen molar-refractivity contribution in [1.82, 2.24) is 4.90 Å². The number of hydrogen-bond acceptors (Lipinski definition) is 2. The van der Waals surface area contributed by atoms with E-state index in [2.05, 4.69) is 27.9 Å². The van der Waals surface area contributed by atoms with Gasteiger partial charge in [0.25, 0.3) is 0 Å². The summed E-state index contributed by atoms with van der Waals surface area (Å²) in [4.78, 5) is 13.7. The molecule has 82 valence electrons. The van der Waals surface area contributed by atoms with Gasteiger partial charge in [-0.3, -0.25) is 4.79 Å². The number of rotatable bonds is 1. The molecule has 0 aliphatic carbocycles. The van der Waals surface area contributed by atoms with Gasteiger partial charge in [0.1, 0.15) is 0 Å². The number of halogens is 1. The Morgan fingerprint density at radius 1 is 1.31 bits per heavy atom. The number of likely N-dealkylation sites (tertiary alicyclic amines) is 1. The van der Waals surface area contributed by atoms with Gasteiger partial charge in [-0.05, 0) is 30.9 Å². The summed E-state index contributed by atoms with van der Waals surface area (Å²) < 4.78 is 0.904. The molecular formula is C13H12BrNO. The van der Waals surface area contributed by atoms with Crippen LogP contribution in [-0.4, -0.2) is 23.8 Å². The maximum atomic E-state index is 11.7. The summed E-state index contributed by atoms with van der Waals surface area (Å²) >= 11 is 3.34. The predicted octanol–water partition coefficient (Wildman–Crippen LogP) is 2.69. The number of carbonyl (C=O) groups excluding carboxylic acids is 1. The number of carbonyl (C=O) groups is 1. The summed E-state index contributed by atoms with van der Waals surface area (Å²) in [5.41, 5.74) is 0.640. The third kappa shape index (κ3) is 2.86. The van der Waals surface area contributed by atoms with E-state index in [0.717, 1.165) is 17.6 Å². The molecular weight excluding hydrogens is 266 g/mol. The van der Waals surface area contributed by atoms with E-state index < -0.39 is 0 Å². The lowest BCUT2D eigenvalue weighted by atomic mass is 10.1. The minimum Gasteiger partial charge on any atom is -0.332 e. The topological polar surface area (TPSA) is 20.3 Å². The van der Waals surface area contributed by atoms with E-state index in [0.29, 0.717) is 5.56 Å². The van der Waals surface area contributed by atoms with E-state index in [-0.39, 0.29) is 5.78 Å². The minimum atomic E-state index is -0.117. The molecule has 1 aliphatic rings. The van der Waals surface area contributed by atoms with Crippen LogP contribution in [0.2, 0.25) is 0 Å². The summed E-state index contributed by atoms with van der Waals surface area (Å²) in [5.74, 6) is 2.57. The van der Waals surface area contributed by atoms with E-state index >= 15 is 0 Å². The molecule has 16 heavy (non-hydrogen) atoms. The first-order valence-corrected chi connectivity index (χ1v) is 6.11. The van der Waals surface area contributed by atoms with Crippen LogP contribution in [0.25, 0.3) is 0 Å². The maximum absolute atomic E-state index is 11.7. The Labute approximate surface area is 104 Å². The average molecular weight is 278 g/mol. The summed E-state index contributed by atoms with van der Waals surface area (Å²) in [6.45, 7) is 1.97. The molecule has 1 fully saturated rings. The van der Waals surface area contributed by atoms with Gasteiger partial charge in [0.15, 0.2) is 0 Å². The van der Waals surface area contributed by atoms with Crippen LogP contribution in [0.15, 0.2) is 28.7 Å². The fourth-order valence-electron chi connectivity index (χ4n) is 1.66. The van der Waals surface area contributed by atoms with Gasteiger partial charge in [-0.25, -0.2) is 0 Å². The zero-order valence-corrected chi connectivity index (χ0v) is 10.5. The van der Waals surface area contributed by atoms with Crippen LogP contribution in [0.1, 0.15) is 23.2 Å². The molecule has 2 rings (SSSR count). The lowest BCUT2D eigenvalue weighted by Gasteiger charge is -2.05. The van der Waals surface area contributed by atoms with Gasteiger partial charge in [-0.2, -0.15) is 0 Å². The molecule has 0 radical (unpaired) electrons. The number of Topliss-reactive ketones (excluding diaryl/α,β-unsaturated/α-hetero) is 1. The number of nitrogens with zero attached hydrogens (tertiary/aromatic N) is 1. The summed E-state index contributed by atoms with van der Waals surface area (Å²) in [6, 6.07) is 10.2. The lowest BCUT2D eigenvalue weighted by molar-refractivity contribution is 0.105. The Hall–Kier alpha value is -1.27. The number of hydrogen-bond donors (Lipinski definition) is 0. The van der Waals surface area contributed by atoms with E-state index in [1.165, 1.54) is 12.8 Å². The van der Waals surface area contributed by atoms with Crippen molar-refractivity contribution in [3.63, 3.8) is 0 Å². The molecule has 1 saturated heterocycles. The molecule has 0 amide bonds. The van der Waals surface area contributed by atoms with Crippen molar-refractivity contribution in [2.45, 2.75) is 12.8 Å². The molecule has 1 heterocycles. The summed E-state index contributed by atoms with van der Waals surface area (Å²) in [7, 11) is 0. The van der Waals surface area contributed by atoms with Gasteiger partial charge in [-0.15, -0.1) is 0 Å². The summed E-state index contributed by atoms with van der Waals surface area (Å²) in [6.07, 6.45) is 2.36. The molecule has 0 aromatic heterocycles. The van der Waals surface area contributed by atoms with Crippen LogP contribution >= 0.6 is 15.9 Å². The molecule has 0 saturated carbocycles. The highest BCUT2D eigenvalue weighted by molar-refractivity contribution is 9.10. The molecule has 3 heteroatoms. The van der Waals surface area contributed by atoms with Gasteiger partial charge < -0.3 is 4.90 Å². The van der Waals surface area contributed by atoms with Crippen LogP contribution in [0.5, 0.6) is 0 Å². The second kappa shape index (κ2) is 5.18. The molecule has 1 aromatic rings. The fraction of sp³-hybridized carbons (Fsp3) is 0.308. The van der Waals surface area contributed by atoms with Gasteiger partial charge >= 0.3 is 0 Å². The van der Waals surface area contributed by atoms with Crippen molar-refractivity contribution in [2.24, 2.45) is 0 Å². The third-order valence-corrected chi connectivity index (χ3v) is 3.01. The lowest BCUT2D eigenvalue weighted by Crippen LogP contribution is -2.12. The quantitative estimate of drug-likeness (QED) is 0.581. The van der Waals surface area contributed by atoms with E-state index in [1.54, 1.807) is 12.1 Å². The minimum absolute atomic E-state index is 0.117. The molecule has 0 bridgehead atoms. The van der Waals surface area contributed by atoms with Crippen molar-refractivity contribution in [2.75, 3.05) is 13.1 Å². The highest BCUT2D eigenvalue weighted by Crippen LogP contribution is 2.12. The monoisotopic (exact) mass is 277 g/mol. The Kier molecular flexibility index (Phi) is 3.63. The van der Waals surface area contributed by atoms with Gasteiger partial charge in [0.05, 0.1) is 0 Å². The van der Waals surface area contributed by atoms with Gasteiger partial charge in [0.2, 0.25) is 5.78 Å². The smallest absolute Gasteiger partial charge is 0.237 e. The number of ketones is 1. The average Bonchev–Trinajstić information content (AvgIpc) is 2.78. The molecule has 2 nitrogen and oxygen atoms in total. The SMILES string of the molecule is O=C(C#CN1CCCC1)c1cccc(Br)c1. The van der Waals surface area contributed by atoms with Crippen molar-refractivity contribution in [1.29, 1.82) is 0 Å². The Morgan fingerprint density at radius 2 is 2.06 bits per heavy atom. The standard InChI is InChI=1S/C13H12BrNO/c14-12-5-3-4-11(10-12)13(16)6-9-15-7-1-2-8-15/h3-5,10H,1-2,7-8H2. The molecule has 1 aliphatic heterocycles. The molecule has 0 atom stereocenters. The first kappa shape index (κ1) is 11.2. The highest BCUT2D eigenvalue weighted by atomic mass is 79.9. The molecule has 1 aromatic carbocycles. The molecule has 0 spiro atoms. The van der Waals surface area contributed by atoms with Crippen LogP contribution in [0.3, 0.4) is 0 Å². The molecule has 0 unspecified atom stereocenters. The Bertz CT molecular complexity index is 452.